The average molecular weight is 465 g/mol. The molecule has 174 valence electrons. The maximum absolute atomic E-state index is 13.3. The molecule has 1 heterocycles. The lowest BCUT2D eigenvalue weighted by Gasteiger charge is -2.22. The van der Waals surface area contributed by atoms with Crippen LogP contribution >= 0.6 is 11.3 Å². The van der Waals surface area contributed by atoms with E-state index in [1.54, 1.807) is 11.3 Å². The average Bonchev–Trinajstić information content (AvgIpc) is 3.70. The Labute approximate surface area is 199 Å². The molecule has 0 bridgehead atoms. The van der Waals surface area contributed by atoms with E-state index in [1.807, 2.05) is 31.2 Å². The lowest BCUT2D eigenvalue weighted by atomic mass is 9.82. The summed E-state index contributed by atoms with van der Waals surface area (Å²) in [4.78, 5) is 40.7. The molecule has 2 fully saturated rings. The van der Waals surface area contributed by atoms with E-state index in [0.717, 1.165) is 60.1 Å². The van der Waals surface area contributed by atoms with Gasteiger partial charge in [-0.25, -0.2) is 0 Å². The molecule has 2 aromatic rings. The zero-order valence-corrected chi connectivity index (χ0v) is 20.2. The number of rotatable bonds is 10. The van der Waals surface area contributed by atoms with Crippen molar-refractivity contribution in [1.82, 2.24) is 0 Å². The van der Waals surface area contributed by atoms with Crippen LogP contribution in [0.3, 0.4) is 0 Å². The highest BCUT2D eigenvalue weighted by molar-refractivity contribution is 7.12. The minimum Gasteiger partial charge on any atom is -0.427 e. The van der Waals surface area contributed by atoms with Crippen molar-refractivity contribution in [2.75, 3.05) is 0 Å². The normalized spacial score (nSPS) is 19.7. The van der Waals surface area contributed by atoms with Gasteiger partial charge in [-0.1, -0.05) is 30.5 Å². The van der Waals surface area contributed by atoms with Crippen molar-refractivity contribution in [1.29, 1.82) is 0 Å². The van der Waals surface area contributed by atoms with Gasteiger partial charge in [-0.05, 0) is 75.0 Å². The Bertz CT molecular complexity index is 1060. The predicted octanol–water partition coefficient (Wildman–Crippen LogP) is 6.05. The Kier molecular flexibility index (Phi) is 6.51. The van der Waals surface area contributed by atoms with E-state index in [2.05, 4.69) is 0 Å². The van der Waals surface area contributed by atoms with Gasteiger partial charge in [0.1, 0.15) is 11.5 Å². The second-order valence-corrected chi connectivity index (χ2v) is 11.4. The molecular formula is C28H32O4S. The second kappa shape index (κ2) is 9.54. The molecule has 0 saturated heterocycles. The standard InChI is InChI=1S/C28H32O4S/c1-17-2-10-21(11-3-17)32-27(31)15-19-7-13-25-22(14-19)28(23(29)12-6-18-4-5-18)26(33-25)16-24(30)20-8-9-20/h2-3,10-11,18-20H,4-9,12-16H2,1H3. The van der Waals surface area contributed by atoms with E-state index in [1.165, 1.54) is 17.7 Å². The Morgan fingerprint density at radius 2 is 1.76 bits per heavy atom. The first-order chi connectivity index (χ1) is 16.0. The number of aryl methyl sites for hydroxylation is 2. The van der Waals surface area contributed by atoms with Crippen LogP contribution in [0.25, 0.3) is 0 Å². The van der Waals surface area contributed by atoms with Crippen LogP contribution in [-0.4, -0.2) is 17.5 Å². The number of benzene rings is 1. The van der Waals surface area contributed by atoms with E-state index in [0.29, 0.717) is 36.7 Å². The van der Waals surface area contributed by atoms with E-state index in [-0.39, 0.29) is 23.6 Å². The van der Waals surface area contributed by atoms with Gasteiger partial charge in [-0.2, -0.15) is 0 Å². The topological polar surface area (TPSA) is 60.4 Å². The third kappa shape index (κ3) is 5.63. The predicted molar refractivity (Wildman–Crippen MR) is 129 cm³/mol. The van der Waals surface area contributed by atoms with Crippen molar-refractivity contribution < 1.29 is 19.1 Å². The molecule has 5 rings (SSSR count). The minimum atomic E-state index is -0.215. The lowest BCUT2D eigenvalue weighted by Crippen LogP contribution is -2.21. The van der Waals surface area contributed by atoms with E-state index in [4.69, 9.17) is 4.74 Å². The smallest absolute Gasteiger partial charge is 0.311 e. The Morgan fingerprint density at radius 1 is 1.00 bits per heavy atom. The number of fused-ring (bicyclic) bond motifs is 1. The van der Waals surface area contributed by atoms with Crippen LogP contribution in [0.5, 0.6) is 5.75 Å². The summed E-state index contributed by atoms with van der Waals surface area (Å²) in [6.07, 6.45) is 9.33. The Balaban J connectivity index is 1.29. The molecule has 0 N–H and O–H groups in total. The highest BCUT2D eigenvalue weighted by atomic mass is 32.1. The van der Waals surface area contributed by atoms with Crippen LogP contribution in [0, 0.1) is 24.7 Å². The van der Waals surface area contributed by atoms with Crippen molar-refractivity contribution >= 4 is 28.9 Å². The summed E-state index contributed by atoms with van der Waals surface area (Å²) in [5, 5.41) is 0. The molecule has 1 aromatic heterocycles. The molecule has 0 spiro atoms. The first kappa shape index (κ1) is 22.5. The molecule has 0 amide bonds. The number of hydrogen-bond donors (Lipinski definition) is 0. The van der Waals surface area contributed by atoms with Crippen LogP contribution < -0.4 is 4.74 Å². The summed E-state index contributed by atoms with van der Waals surface area (Å²) >= 11 is 1.68. The first-order valence-corrected chi connectivity index (χ1v) is 13.2. The largest absolute Gasteiger partial charge is 0.427 e. The highest BCUT2D eigenvalue weighted by Crippen LogP contribution is 2.41. The molecule has 1 aromatic carbocycles. The van der Waals surface area contributed by atoms with Crippen molar-refractivity contribution in [3.8, 4) is 5.75 Å². The van der Waals surface area contributed by atoms with Crippen molar-refractivity contribution in [3.05, 3.63) is 50.7 Å². The molecule has 1 unspecified atom stereocenters. The summed E-state index contributed by atoms with van der Waals surface area (Å²) < 4.78 is 5.55. The van der Waals surface area contributed by atoms with Crippen LogP contribution in [0.15, 0.2) is 24.3 Å². The van der Waals surface area contributed by atoms with Crippen LogP contribution in [0.2, 0.25) is 0 Å². The van der Waals surface area contributed by atoms with Gasteiger partial charge in [0.05, 0.1) is 0 Å². The third-order valence-electron chi connectivity index (χ3n) is 7.27. The SMILES string of the molecule is Cc1ccc(OC(=O)CC2CCc3sc(CC(=O)C4CC4)c(C(=O)CCC4CC4)c3C2)cc1. The van der Waals surface area contributed by atoms with E-state index in [9.17, 15) is 14.4 Å². The number of hydrogen-bond acceptors (Lipinski definition) is 5. The third-order valence-corrected chi connectivity index (χ3v) is 8.56. The van der Waals surface area contributed by atoms with Gasteiger partial charge in [0.25, 0.3) is 0 Å². The van der Waals surface area contributed by atoms with Gasteiger partial charge < -0.3 is 4.74 Å². The molecule has 3 aliphatic carbocycles. The number of Topliss-reactive ketones (excluding diaryl/α,β-unsaturated/α-hetero) is 2. The summed E-state index contributed by atoms with van der Waals surface area (Å²) in [5.41, 5.74) is 3.09. The number of ketones is 2. The molecule has 3 aliphatic rings. The van der Waals surface area contributed by atoms with E-state index >= 15 is 0 Å². The molecule has 2 saturated carbocycles. The molecule has 1 atom stereocenters. The molecule has 0 aliphatic heterocycles. The maximum atomic E-state index is 13.3. The van der Waals surface area contributed by atoms with Crippen molar-refractivity contribution in [3.63, 3.8) is 0 Å². The molecule has 0 radical (unpaired) electrons. The number of carbonyl (C=O) groups is 3. The van der Waals surface area contributed by atoms with Gasteiger partial charge in [0.2, 0.25) is 0 Å². The van der Waals surface area contributed by atoms with Crippen molar-refractivity contribution in [2.45, 2.75) is 77.6 Å². The second-order valence-electron chi connectivity index (χ2n) is 10.2. The number of thiophene rings is 1. The van der Waals surface area contributed by atoms with Crippen LogP contribution in [0.4, 0.5) is 0 Å². The summed E-state index contributed by atoms with van der Waals surface area (Å²) in [6, 6.07) is 7.52. The molecule has 33 heavy (non-hydrogen) atoms. The summed E-state index contributed by atoms with van der Waals surface area (Å²) in [5.74, 6) is 1.96. The van der Waals surface area contributed by atoms with Gasteiger partial charge >= 0.3 is 5.97 Å². The molecule has 4 nitrogen and oxygen atoms in total. The van der Waals surface area contributed by atoms with Gasteiger partial charge in [-0.3, -0.25) is 14.4 Å². The minimum absolute atomic E-state index is 0.173. The van der Waals surface area contributed by atoms with Crippen LogP contribution in [-0.2, 0) is 28.9 Å². The Morgan fingerprint density at radius 3 is 2.45 bits per heavy atom. The molecular weight excluding hydrogens is 432 g/mol. The Hall–Kier alpha value is -2.27. The fourth-order valence-electron chi connectivity index (χ4n) is 4.93. The fraction of sp³-hybridized carbons (Fsp3) is 0.536. The van der Waals surface area contributed by atoms with Gasteiger partial charge in [0.15, 0.2) is 5.78 Å². The zero-order chi connectivity index (χ0) is 22.9. The van der Waals surface area contributed by atoms with Crippen LogP contribution in [0.1, 0.15) is 82.6 Å². The zero-order valence-electron chi connectivity index (χ0n) is 19.4. The monoisotopic (exact) mass is 464 g/mol. The molecule has 5 heteroatoms. The fourth-order valence-corrected chi connectivity index (χ4v) is 6.30. The summed E-state index contributed by atoms with van der Waals surface area (Å²) in [6.45, 7) is 2.00. The quantitative estimate of drug-likeness (QED) is 0.244. The van der Waals surface area contributed by atoms with Gasteiger partial charge in [0, 0.05) is 40.5 Å². The maximum Gasteiger partial charge on any atom is 0.311 e. The summed E-state index contributed by atoms with van der Waals surface area (Å²) in [7, 11) is 0. The number of carbonyl (C=O) groups excluding carboxylic acids is 3. The van der Waals surface area contributed by atoms with Crippen molar-refractivity contribution in [2.24, 2.45) is 17.8 Å². The van der Waals surface area contributed by atoms with Gasteiger partial charge in [-0.15, -0.1) is 11.3 Å². The number of esters is 1. The highest BCUT2D eigenvalue weighted by Gasteiger charge is 2.34. The lowest BCUT2D eigenvalue weighted by molar-refractivity contribution is -0.135. The first-order valence-electron chi connectivity index (χ1n) is 12.4. The van der Waals surface area contributed by atoms with E-state index < -0.39 is 0 Å². The number of ether oxygens (including phenoxy) is 1.